The van der Waals surface area contributed by atoms with Gasteiger partial charge in [0.1, 0.15) is 5.60 Å². The van der Waals surface area contributed by atoms with E-state index in [1.807, 2.05) is 13.8 Å². The van der Waals surface area contributed by atoms with E-state index in [1.165, 1.54) is 0 Å². The van der Waals surface area contributed by atoms with Gasteiger partial charge in [0, 0.05) is 0 Å². The molecule has 1 saturated heterocycles. The second kappa shape index (κ2) is 1.47. The molecule has 1 aliphatic heterocycles. The van der Waals surface area contributed by atoms with Crippen LogP contribution in [-0.4, -0.2) is 16.4 Å². The van der Waals surface area contributed by atoms with Crippen LogP contribution in [-0.2, 0) is 9.53 Å². The van der Waals surface area contributed by atoms with E-state index in [4.69, 9.17) is 4.74 Å². The lowest BCUT2D eigenvalue weighted by atomic mass is 10.00. The summed E-state index contributed by atoms with van der Waals surface area (Å²) in [5, 5.41) is 0. The molecule has 1 rings (SSSR count). The van der Waals surface area contributed by atoms with Crippen LogP contribution in [0.4, 0.5) is 0 Å². The molecule has 0 bridgehead atoms. The van der Waals surface area contributed by atoms with Crippen LogP contribution in [0.25, 0.3) is 0 Å². The molecule has 0 radical (unpaired) electrons. The van der Waals surface area contributed by atoms with Crippen molar-refractivity contribution in [3.8, 4) is 0 Å². The predicted molar refractivity (Wildman–Crippen MR) is 32.9 cm³/mol. The van der Waals surface area contributed by atoms with E-state index in [-0.39, 0.29) is 16.4 Å². The van der Waals surface area contributed by atoms with Crippen LogP contribution in [0, 0.1) is 0 Å². The molecule has 0 aliphatic carbocycles. The van der Waals surface area contributed by atoms with Gasteiger partial charge >= 0.3 is 5.97 Å². The number of alkyl halides is 1. The van der Waals surface area contributed by atoms with E-state index in [0.29, 0.717) is 0 Å². The van der Waals surface area contributed by atoms with Crippen LogP contribution in [0.3, 0.4) is 0 Å². The lowest BCUT2D eigenvalue weighted by Gasteiger charge is -2.38. The number of hydrogen-bond donors (Lipinski definition) is 0. The summed E-state index contributed by atoms with van der Waals surface area (Å²) < 4.78 is 4.75. The Morgan fingerprint density at radius 2 is 2.25 bits per heavy atom. The Morgan fingerprint density at radius 1 is 1.75 bits per heavy atom. The Hall–Kier alpha value is -0.0500. The van der Waals surface area contributed by atoms with E-state index in [9.17, 15) is 4.79 Å². The van der Waals surface area contributed by atoms with Crippen molar-refractivity contribution in [2.75, 3.05) is 0 Å². The van der Waals surface area contributed by atoms with Gasteiger partial charge in [-0.2, -0.15) is 0 Å². The average molecular weight is 179 g/mol. The van der Waals surface area contributed by atoms with E-state index in [2.05, 4.69) is 15.9 Å². The summed E-state index contributed by atoms with van der Waals surface area (Å²) in [6, 6.07) is 0. The largest absolute Gasteiger partial charge is 0.457 e. The van der Waals surface area contributed by atoms with Gasteiger partial charge in [-0.3, -0.25) is 4.79 Å². The highest BCUT2D eigenvalue weighted by Gasteiger charge is 2.47. The molecule has 0 spiro atoms. The zero-order valence-electron chi connectivity index (χ0n) is 4.77. The van der Waals surface area contributed by atoms with Crippen LogP contribution < -0.4 is 0 Å². The van der Waals surface area contributed by atoms with Crippen LogP contribution in [0.5, 0.6) is 0 Å². The van der Waals surface area contributed by atoms with E-state index >= 15 is 0 Å². The number of rotatable bonds is 0. The first kappa shape index (κ1) is 6.08. The molecule has 2 nitrogen and oxygen atoms in total. The summed E-state index contributed by atoms with van der Waals surface area (Å²) in [6.07, 6.45) is 0. The summed E-state index contributed by atoms with van der Waals surface area (Å²) in [7, 11) is 0. The van der Waals surface area contributed by atoms with Gasteiger partial charge in [0.25, 0.3) is 0 Å². The third-order valence-electron chi connectivity index (χ3n) is 1.18. The Morgan fingerprint density at radius 3 is 2.25 bits per heavy atom. The summed E-state index contributed by atoms with van der Waals surface area (Å²) in [4.78, 5) is 10.3. The second-order valence-electron chi connectivity index (χ2n) is 2.39. The third-order valence-corrected chi connectivity index (χ3v) is 2.66. The highest BCUT2D eigenvalue weighted by molar-refractivity contribution is 9.10. The van der Waals surface area contributed by atoms with Gasteiger partial charge in [-0.25, -0.2) is 0 Å². The lowest BCUT2D eigenvalue weighted by Crippen LogP contribution is -2.54. The molecule has 8 heavy (non-hydrogen) atoms. The number of ether oxygens (including phenoxy) is 1. The topological polar surface area (TPSA) is 26.3 Å². The van der Waals surface area contributed by atoms with Gasteiger partial charge in [0.15, 0.2) is 4.83 Å². The minimum Gasteiger partial charge on any atom is -0.457 e. The Labute approximate surface area is 56.3 Å². The number of halogens is 1. The van der Waals surface area contributed by atoms with Crippen LogP contribution in [0.1, 0.15) is 13.8 Å². The summed E-state index contributed by atoms with van der Waals surface area (Å²) in [5.41, 5.74) is -0.281. The maximum absolute atomic E-state index is 10.4. The highest BCUT2D eigenvalue weighted by atomic mass is 79.9. The quantitative estimate of drug-likeness (QED) is 0.411. The van der Waals surface area contributed by atoms with Gasteiger partial charge in [0.05, 0.1) is 0 Å². The maximum atomic E-state index is 10.4. The van der Waals surface area contributed by atoms with Gasteiger partial charge in [-0.05, 0) is 13.8 Å². The molecule has 1 fully saturated rings. The van der Waals surface area contributed by atoms with Gasteiger partial charge in [0.2, 0.25) is 0 Å². The number of cyclic esters (lactones) is 1. The molecule has 0 aromatic rings. The van der Waals surface area contributed by atoms with Crippen molar-refractivity contribution in [2.24, 2.45) is 0 Å². The SMILES string of the molecule is CC1(C)OC(=O)C1Br. The zero-order valence-corrected chi connectivity index (χ0v) is 6.36. The fourth-order valence-corrected chi connectivity index (χ4v) is 0.775. The maximum Gasteiger partial charge on any atom is 0.324 e. The number of carbonyl (C=O) groups excluding carboxylic acids is 1. The first-order valence-electron chi connectivity index (χ1n) is 2.41. The molecule has 0 saturated carbocycles. The molecule has 1 atom stereocenters. The standard InChI is InChI=1S/C5H7BrO2/c1-5(2)3(6)4(7)8-5/h3H,1-2H3. The molecule has 0 aromatic heterocycles. The molecule has 0 amide bonds. The van der Waals surface area contributed by atoms with Crippen molar-refractivity contribution in [2.45, 2.75) is 24.3 Å². The van der Waals surface area contributed by atoms with Gasteiger partial charge in [-0.15, -0.1) is 0 Å². The van der Waals surface area contributed by atoms with Crippen LogP contribution >= 0.6 is 15.9 Å². The third kappa shape index (κ3) is 0.652. The smallest absolute Gasteiger partial charge is 0.324 e. The van der Waals surface area contributed by atoms with Gasteiger partial charge < -0.3 is 4.74 Å². The molecule has 1 heterocycles. The Kier molecular flexibility index (Phi) is 1.11. The molecule has 0 N–H and O–H groups in total. The lowest BCUT2D eigenvalue weighted by molar-refractivity contribution is -0.180. The minimum absolute atomic E-state index is 0.102. The van der Waals surface area contributed by atoms with Crippen LogP contribution in [0.15, 0.2) is 0 Å². The fourth-order valence-electron chi connectivity index (χ4n) is 0.588. The number of esters is 1. The normalized spacial score (nSPS) is 33.4. The average Bonchev–Trinajstić information content (AvgIpc) is 1.65. The van der Waals surface area contributed by atoms with Crippen molar-refractivity contribution >= 4 is 21.9 Å². The molecule has 0 aromatic carbocycles. The number of carbonyl (C=O) groups is 1. The van der Waals surface area contributed by atoms with E-state index in [1.54, 1.807) is 0 Å². The molecular formula is C5H7BrO2. The summed E-state index contributed by atoms with van der Waals surface area (Å²) in [6.45, 7) is 3.74. The van der Waals surface area contributed by atoms with E-state index in [0.717, 1.165) is 0 Å². The van der Waals surface area contributed by atoms with E-state index < -0.39 is 0 Å². The molecular weight excluding hydrogens is 172 g/mol. The zero-order chi connectivity index (χ0) is 6.36. The first-order valence-corrected chi connectivity index (χ1v) is 3.32. The Bertz CT molecular complexity index is 130. The van der Waals surface area contributed by atoms with Crippen molar-refractivity contribution in [3.63, 3.8) is 0 Å². The molecule has 46 valence electrons. The van der Waals surface area contributed by atoms with Crippen molar-refractivity contribution in [3.05, 3.63) is 0 Å². The molecule has 1 aliphatic rings. The predicted octanol–water partition coefficient (Wildman–Crippen LogP) is 1.09. The first-order chi connectivity index (χ1) is 3.54. The molecule has 1 unspecified atom stereocenters. The second-order valence-corrected chi connectivity index (χ2v) is 3.30. The van der Waals surface area contributed by atoms with Crippen LogP contribution in [0.2, 0.25) is 0 Å². The van der Waals surface area contributed by atoms with Crippen molar-refractivity contribution in [1.82, 2.24) is 0 Å². The minimum atomic E-state index is -0.281. The Balaban J connectivity index is 2.60. The van der Waals surface area contributed by atoms with Crippen molar-refractivity contribution in [1.29, 1.82) is 0 Å². The number of hydrogen-bond acceptors (Lipinski definition) is 2. The summed E-state index contributed by atoms with van der Waals surface area (Å²) in [5.74, 6) is -0.157. The van der Waals surface area contributed by atoms with Crippen molar-refractivity contribution < 1.29 is 9.53 Å². The van der Waals surface area contributed by atoms with Gasteiger partial charge in [-0.1, -0.05) is 15.9 Å². The highest BCUT2D eigenvalue weighted by Crippen LogP contribution is 2.32. The fraction of sp³-hybridized carbons (Fsp3) is 0.800. The summed E-state index contributed by atoms with van der Waals surface area (Å²) >= 11 is 3.17. The monoisotopic (exact) mass is 178 g/mol. The molecule has 3 heteroatoms.